The molecular formula is C19H20FN3O3S. The topological polar surface area (TPSA) is 72.3 Å². The Labute approximate surface area is 157 Å². The molecule has 2 aromatic carbocycles. The number of carbonyl (C=O) groups excluding carboxylic acids is 1. The van der Waals surface area contributed by atoms with E-state index in [0.717, 1.165) is 11.8 Å². The predicted octanol–water partition coefficient (Wildman–Crippen LogP) is 2.80. The van der Waals surface area contributed by atoms with Gasteiger partial charge < -0.3 is 9.47 Å². The Morgan fingerprint density at radius 3 is 2.44 bits per heavy atom. The van der Waals surface area contributed by atoms with E-state index in [1.807, 2.05) is 6.92 Å². The van der Waals surface area contributed by atoms with Gasteiger partial charge in [-0.05, 0) is 36.8 Å². The van der Waals surface area contributed by atoms with Gasteiger partial charge in [0.15, 0.2) is 0 Å². The number of benzene rings is 2. The molecule has 6 nitrogen and oxygen atoms in total. The molecule has 0 bridgehead atoms. The summed E-state index contributed by atoms with van der Waals surface area (Å²) in [6.45, 7) is 1.67. The summed E-state index contributed by atoms with van der Waals surface area (Å²) in [5.41, 5.74) is 1.88. The molecule has 1 heterocycles. The second-order valence-electron chi connectivity index (χ2n) is 6.47. The molecule has 1 aromatic heterocycles. The lowest BCUT2D eigenvalue weighted by Gasteiger charge is -2.26. The van der Waals surface area contributed by atoms with Gasteiger partial charge in [0, 0.05) is 13.3 Å². The number of imidazole rings is 1. The molecule has 0 aliphatic carbocycles. The zero-order chi connectivity index (χ0) is 19.8. The molecule has 0 saturated heterocycles. The van der Waals surface area contributed by atoms with Crippen LogP contribution in [0.3, 0.4) is 0 Å². The summed E-state index contributed by atoms with van der Waals surface area (Å²) in [5, 5.41) is -0.139. The normalized spacial score (nSPS) is 12.9. The molecule has 1 amide bonds. The van der Waals surface area contributed by atoms with Crippen molar-refractivity contribution in [2.75, 3.05) is 13.3 Å². The van der Waals surface area contributed by atoms with Gasteiger partial charge in [0.2, 0.25) is 20.9 Å². The van der Waals surface area contributed by atoms with E-state index in [9.17, 15) is 17.6 Å². The number of para-hydroxylation sites is 2. The van der Waals surface area contributed by atoms with E-state index in [2.05, 4.69) is 4.98 Å². The minimum absolute atomic E-state index is 0.139. The third kappa shape index (κ3) is 3.85. The molecule has 142 valence electrons. The third-order valence-electron chi connectivity index (χ3n) is 4.57. The number of halogens is 1. The summed E-state index contributed by atoms with van der Waals surface area (Å²) in [6, 6.07) is 12.6. The van der Waals surface area contributed by atoms with Crippen LogP contribution in [0.15, 0.2) is 53.7 Å². The molecule has 3 aromatic rings. The van der Waals surface area contributed by atoms with Crippen LogP contribution < -0.4 is 0 Å². The Morgan fingerprint density at radius 2 is 1.81 bits per heavy atom. The second-order valence-corrected chi connectivity index (χ2v) is 8.38. The fourth-order valence-electron chi connectivity index (χ4n) is 2.92. The summed E-state index contributed by atoms with van der Waals surface area (Å²) in [6.07, 6.45) is 1.07. The molecule has 0 radical (unpaired) electrons. The van der Waals surface area contributed by atoms with Crippen molar-refractivity contribution in [3.63, 3.8) is 0 Å². The van der Waals surface area contributed by atoms with Crippen LogP contribution in [0.4, 0.5) is 4.39 Å². The average molecular weight is 389 g/mol. The quantitative estimate of drug-likeness (QED) is 0.673. The van der Waals surface area contributed by atoms with E-state index in [-0.39, 0.29) is 29.5 Å². The molecule has 0 aliphatic heterocycles. The molecule has 0 fully saturated rings. The van der Waals surface area contributed by atoms with Gasteiger partial charge in [-0.1, -0.05) is 24.3 Å². The van der Waals surface area contributed by atoms with Crippen LogP contribution in [0.2, 0.25) is 0 Å². The lowest BCUT2D eigenvalue weighted by Crippen LogP contribution is -2.33. The molecule has 3 rings (SSSR count). The number of fused-ring (bicyclic) bond motifs is 1. The van der Waals surface area contributed by atoms with Gasteiger partial charge in [-0.15, -0.1) is 0 Å². The zero-order valence-electron chi connectivity index (χ0n) is 15.3. The Bertz CT molecular complexity index is 1090. The highest BCUT2D eigenvalue weighted by atomic mass is 32.2. The first-order valence-electron chi connectivity index (χ1n) is 8.35. The average Bonchev–Trinajstić information content (AvgIpc) is 3.00. The van der Waals surface area contributed by atoms with Gasteiger partial charge in [-0.3, -0.25) is 4.79 Å². The van der Waals surface area contributed by atoms with Gasteiger partial charge >= 0.3 is 0 Å². The number of rotatable bonds is 5. The van der Waals surface area contributed by atoms with E-state index in [1.54, 1.807) is 43.4 Å². The highest BCUT2D eigenvalue weighted by Crippen LogP contribution is 2.22. The SMILES string of the molecule is C[C@@H](c1ccc(F)cc1)N(C)C(=O)Cn1c(S(C)(=O)=O)nc2ccccc21. The largest absolute Gasteiger partial charge is 0.337 e. The minimum Gasteiger partial charge on any atom is -0.337 e. The molecule has 0 N–H and O–H groups in total. The first-order valence-corrected chi connectivity index (χ1v) is 10.2. The lowest BCUT2D eigenvalue weighted by molar-refractivity contribution is -0.132. The van der Waals surface area contributed by atoms with Crippen molar-refractivity contribution in [3.8, 4) is 0 Å². The predicted molar refractivity (Wildman–Crippen MR) is 100 cm³/mol. The van der Waals surface area contributed by atoms with Crippen LogP contribution in [0.5, 0.6) is 0 Å². The molecule has 0 spiro atoms. The van der Waals surface area contributed by atoms with Gasteiger partial charge in [-0.2, -0.15) is 0 Å². The first-order chi connectivity index (χ1) is 12.7. The Balaban J connectivity index is 1.92. The van der Waals surface area contributed by atoms with Gasteiger partial charge in [0.05, 0.1) is 17.1 Å². The number of hydrogen-bond acceptors (Lipinski definition) is 4. The Morgan fingerprint density at radius 1 is 1.19 bits per heavy atom. The van der Waals surface area contributed by atoms with Gasteiger partial charge in [0.25, 0.3) is 0 Å². The van der Waals surface area contributed by atoms with Crippen LogP contribution in [0, 0.1) is 5.82 Å². The number of sulfone groups is 1. The number of carbonyl (C=O) groups is 1. The Hall–Kier alpha value is -2.74. The number of hydrogen-bond donors (Lipinski definition) is 0. The van der Waals surface area contributed by atoms with E-state index in [0.29, 0.717) is 11.0 Å². The van der Waals surface area contributed by atoms with E-state index in [4.69, 9.17) is 0 Å². The van der Waals surface area contributed by atoms with Crippen molar-refractivity contribution in [2.24, 2.45) is 0 Å². The fraction of sp³-hybridized carbons (Fsp3) is 0.263. The summed E-state index contributed by atoms with van der Waals surface area (Å²) in [4.78, 5) is 18.5. The number of amides is 1. The number of aromatic nitrogens is 2. The van der Waals surface area contributed by atoms with Crippen LogP contribution in [-0.4, -0.2) is 42.1 Å². The van der Waals surface area contributed by atoms with Crippen molar-refractivity contribution in [1.82, 2.24) is 14.5 Å². The number of likely N-dealkylation sites (N-methyl/N-ethyl adjacent to an activating group) is 1. The standard InChI is InChI=1S/C19H20FN3O3S/c1-13(14-8-10-15(20)11-9-14)22(2)18(24)12-23-17-7-5-4-6-16(17)21-19(23)27(3,25)26/h4-11,13H,12H2,1-3H3/t13-/m0/s1. The minimum atomic E-state index is -3.60. The zero-order valence-corrected chi connectivity index (χ0v) is 16.1. The van der Waals surface area contributed by atoms with Gasteiger partial charge in [0.1, 0.15) is 12.4 Å². The monoisotopic (exact) mass is 389 g/mol. The van der Waals surface area contributed by atoms with Crippen molar-refractivity contribution in [3.05, 3.63) is 59.9 Å². The Kier molecular flexibility index (Phi) is 5.01. The fourth-order valence-corrected chi connectivity index (χ4v) is 3.74. The molecule has 8 heteroatoms. The summed E-state index contributed by atoms with van der Waals surface area (Å²) in [5.74, 6) is -0.623. The summed E-state index contributed by atoms with van der Waals surface area (Å²) >= 11 is 0. The lowest BCUT2D eigenvalue weighted by atomic mass is 10.1. The van der Waals surface area contributed by atoms with Crippen molar-refractivity contribution in [1.29, 1.82) is 0 Å². The van der Waals surface area contributed by atoms with Crippen molar-refractivity contribution < 1.29 is 17.6 Å². The smallest absolute Gasteiger partial charge is 0.242 e. The van der Waals surface area contributed by atoms with Crippen molar-refractivity contribution in [2.45, 2.75) is 24.7 Å². The molecular weight excluding hydrogens is 369 g/mol. The molecule has 1 atom stereocenters. The van der Waals surface area contributed by atoms with Crippen molar-refractivity contribution >= 4 is 26.8 Å². The molecule has 0 aliphatic rings. The maximum Gasteiger partial charge on any atom is 0.242 e. The van der Waals surface area contributed by atoms with Crippen LogP contribution >= 0.6 is 0 Å². The van der Waals surface area contributed by atoms with E-state index in [1.165, 1.54) is 21.6 Å². The van der Waals surface area contributed by atoms with Crippen LogP contribution in [-0.2, 0) is 21.2 Å². The third-order valence-corrected chi connectivity index (χ3v) is 5.55. The van der Waals surface area contributed by atoms with Crippen LogP contribution in [0.1, 0.15) is 18.5 Å². The maximum absolute atomic E-state index is 13.1. The molecule has 0 saturated carbocycles. The highest BCUT2D eigenvalue weighted by Gasteiger charge is 2.24. The van der Waals surface area contributed by atoms with E-state index < -0.39 is 9.84 Å². The maximum atomic E-state index is 13.1. The van der Waals surface area contributed by atoms with Gasteiger partial charge in [-0.25, -0.2) is 17.8 Å². The summed E-state index contributed by atoms with van der Waals surface area (Å²) < 4.78 is 38.8. The summed E-state index contributed by atoms with van der Waals surface area (Å²) in [7, 11) is -1.97. The van der Waals surface area contributed by atoms with E-state index >= 15 is 0 Å². The number of nitrogens with zero attached hydrogens (tertiary/aromatic N) is 3. The molecule has 27 heavy (non-hydrogen) atoms. The first kappa shape index (κ1) is 19.0. The highest BCUT2D eigenvalue weighted by molar-refractivity contribution is 7.90. The second kappa shape index (κ2) is 7.11. The molecule has 0 unspecified atom stereocenters. The van der Waals surface area contributed by atoms with Crippen LogP contribution in [0.25, 0.3) is 11.0 Å².